The maximum atomic E-state index is 4.63. The Morgan fingerprint density at radius 3 is 2.00 bits per heavy atom. The Morgan fingerprint density at radius 1 is 1.57 bits per heavy atom. The number of methoxy groups -OCH3 is 1. The molecule has 0 aromatic heterocycles. The Kier molecular flexibility index (Phi) is 35.2. The molecule has 0 spiro atoms. The SMILES string of the molecule is [Br-].[CH2-]CCOC.[Mg+2]. The maximum absolute atomic E-state index is 4.63. The van der Waals surface area contributed by atoms with Crippen molar-refractivity contribution in [3.63, 3.8) is 0 Å². The molecule has 1 nitrogen and oxygen atoms in total. The molecule has 0 saturated heterocycles. The molecule has 0 unspecified atom stereocenters. The van der Waals surface area contributed by atoms with Crippen LogP contribution in [-0.4, -0.2) is 36.8 Å². The van der Waals surface area contributed by atoms with Crippen molar-refractivity contribution in [3.8, 4) is 0 Å². The summed E-state index contributed by atoms with van der Waals surface area (Å²) in [6.45, 7) is 4.33. The second-order valence-electron chi connectivity index (χ2n) is 0.846. The molecule has 0 fully saturated rings. The van der Waals surface area contributed by atoms with E-state index < -0.39 is 0 Å². The Bertz CT molecular complexity index is 19.2. The molecule has 0 aliphatic heterocycles. The predicted octanol–water partition coefficient (Wildman–Crippen LogP) is -2.52. The van der Waals surface area contributed by atoms with E-state index in [2.05, 4.69) is 11.7 Å². The van der Waals surface area contributed by atoms with Gasteiger partial charge in [-0.2, -0.15) is 6.42 Å². The van der Waals surface area contributed by atoms with Crippen molar-refractivity contribution in [2.24, 2.45) is 0 Å². The maximum Gasteiger partial charge on any atom is 2.00 e. The smallest absolute Gasteiger partial charge is 1.00 e. The third kappa shape index (κ3) is 19.0. The molecule has 0 aromatic carbocycles. The van der Waals surface area contributed by atoms with E-state index in [0.29, 0.717) is 0 Å². The van der Waals surface area contributed by atoms with Gasteiger partial charge in [0.2, 0.25) is 0 Å². The molecule has 7 heavy (non-hydrogen) atoms. The van der Waals surface area contributed by atoms with Gasteiger partial charge in [-0.15, -0.1) is 0 Å². The molecule has 0 saturated carbocycles. The normalized spacial score (nSPS) is 6.00. The van der Waals surface area contributed by atoms with Gasteiger partial charge in [-0.25, -0.2) is 0 Å². The summed E-state index contributed by atoms with van der Waals surface area (Å²) < 4.78 is 4.63. The minimum atomic E-state index is 0. The van der Waals surface area contributed by atoms with Gasteiger partial charge in [0.15, 0.2) is 0 Å². The van der Waals surface area contributed by atoms with Crippen molar-refractivity contribution in [1.29, 1.82) is 0 Å². The Balaban J connectivity index is -0.0000000800. The first kappa shape index (κ1) is 15.7. The van der Waals surface area contributed by atoms with Crippen LogP contribution in [0.25, 0.3) is 0 Å². The molecular weight excluding hydrogens is 168 g/mol. The summed E-state index contributed by atoms with van der Waals surface area (Å²) in [5.74, 6) is 0. The van der Waals surface area contributed by atoms with Crippen LogP contribution in [0, 0.1) is 6.92 Å². The van der Waals surface area contributed by atoms with Crippen molar-refractivity contribution >= 4 is 23.1 Å². The first-order chi connectivity index (χ1) is 2.41. The zero-order valence-electron chi connectivity index (χ0n) is 4.61. The monoisotopic (exact) mass is 176 g/mol. The number of hydrogen-bond acceptors (Lipinski definition) is 1. The zero-order chi connectivity index (χ0) is 4.12. The van der Waals surface area contributed by atoms with Crippen molar-refractivity contribution in [3.05, 3.63) is 6.92 Å². The zero-order valence-corrected chi connectivity index (χ0v) is 7.61. The molecule has 3 heteroatoms. The fraction of sp³-hybridized carbons (Fsp3) is 0.750. The van der Waals surface area contributed by atoms with Crippen LogP contribution in [0.4, 0.5) is 0 Å². The van der Waals surface area contributed by atoms with Crippen LogP contribution in [0.2, 0.25) is 0 Å². The summed E-state index contributed by atoms with van der Waals surface area (Å²) in [4.78, 5) is 0. The molecule has 0 bridgehead atoms. The van der Waals surface area contributed by atoms with Gasteiger partial charge in [0, 0.05) is 13.7 Å². The minimum Gasteiger partial charge on any atom is -1.00 e. The molecule has 0 aliphatic rings. The van der Waals surface area contributed by atoms with E-state index in [0.717, 1.165) is 13.0 Å². The summed E-state index contributed by atoms with van der Waals surface area (Å²) in [5, 5.41) is 0. The Hall–Kier alpha value is 1.21. The van der Waals surface area contributed by atoms with Crippen molar-refractivity contribution in [2.45, 2.75) is 6.42 Å². The summed E-state index contributed by atoms with van der Waals surface area (Å²) in [6.07, 6.45) is 0.872. The average Bonchev–Trinajstić information content (AvgIpc) is 1.41. The van der Waals surface area contributed by atoms with Crippen molar-refractivity contribution in [2.75, 3.05) is 13.7 Å². The fourth-order valence-electron chi connectivity index (χ4n) is 0.144. The largest absolute Gasteiger partial charge is 2.00 e. The number of halogens is 1. The molecule has 0 atom stereocenters. The van der Waals surface area contributed by atoms with Crippen LogP contribution in [0.15, 0.2) is 0 Å². The molecule has 0 N–H and O–H groups in total. The van der Waals surface area contributed by atoms with Crippen LogP contribution in [-0.2, 0) is 4.74 Å². The van der Waals surface area contributed by atoms with Gasteiger partial charge < -0.3 is 28.6 Å². The van der Waals surface area contributed by atoms with Crippen LogP contribution >= 0.6 is 0 Å². The average molecular weight is 177 g/mol. The van der Waals surface area contributed by atoms with E-state index >= 15 is 0 Å². The molecule has 0 heterocycles. The van der Waals surface area contributed by atoms with Crippen molar-refractivity contribution in [1.82, 2.24) is 0 Å². The summed E-state index contributed by atoms with van der Waals surface area (Å²) in [6, 6.07) is 0. The third-order valence-corrected chi connectivity index (χ3v) is 0.348. The number of hydrogen-bond donors (Lipinski definition) is 0. The molecule has 0 aromatic rings. The summed E-state index contributed by atoms with van der Waals surface area (Å²) in [7, 11) is 1.67. The van der Waals surface area contributed by atoms with E-state index in [1.54, 1.807) is 7.11 Å². The van der Waals surface area contributed by atoms with Crippen LogP contribution in [0.5, 0.6) is 0 Å². The quantitative estimate of drug-likeness (QED) is 0.334. The molecule has 0 amide bonds. The van der Waals surface area contributed by atoms with Gasteiger partial charge >= 0.3 is 23.1 Å². The van der Waals surface area contributed by atoms with Gasteiger partial charge in [0.05, 0.1) is 0 Å². The van der Waals surface area contributed by atoms with Crippen molar-refractivity contribution < 1.29 is 21.7 Å². The van der Waals surface area contributed by atoms with Crippen LogP contribution in [0.1, 0.15) is 6.42 Å². The first-order valence-corrected chi connectivity index (χ1v) is 1.70. The van der Waals surface area contributed by atoms with Gasteiger partial charge in [-0.05, 0) is 0 Å². The summed E-state index contributed by atoms with van der Waals surface area (Å²) >= 11 is 0. The van der Waals surface area contributed by atoms with Gasteiger partial charge in [-0.1, -0.05) is 0 Å². The van der Waals surface area contributed by atoms with E-state index in [9.17, 15) is 0 Å². The molecular formula is C4H9BrMgO. The predicted molar refractivity (Wildman–Crippen MR) is 27.6 cm³/mol. The second-order valence-corrected chi connectivity index (χ2v) is 0.846. The minimum absolute atomic E-state index is 0. The van der Waals surface area contributed by atoms with E-state index in [1.165, 1.54) is 0 Å². The second kappa shape index (κ2) is 15.7. The first-order valence-electron chi connectivity index (χ1n) is 1.70. The standard InChI is InChI=1S/C4H9O.BrH.Mg/c1-3-4-5-2;;/h1,3-4H2,2H3;1H;/q-1;;+2/p-1. The molecule has 0 radical (unpaired) electrons. The van der Waals surface area contributed by atoms with E-state index in [4.69, 9.17) is 0 Å². The van der Waals surface area contributed by atoms with E-state index in [1.807, 2.05) is 0 Å². The Morgan fingerprint density at radius 2 is 2.00 bits per heavy atom. The third-order valence-electron chi connectivity index (χ3n) is 0.348. The van der Waals surface area contributed by atoms with Gasteiger partial charge in [0.1, 0.15) is 0 Å². The van der Waals surface area contributed by atoms with Gasteiger partial charge in [0.25, 0.3) is 0 Å². The van der Waals surface area contributed by atoms with Gasteiger partial charge in [-0.3, -0.25) is 0 Å². The number of rotatable bonds is 2. The topological polar surface area (TPSA) is 9.23 Å². The molecule has 0 aliphatic carbocycles. The molecule has 40 valence electrons. The number of ether oxygens (including phenoxy) is 1. The Labute approximate surface area is 71.7 Å². The van der Waals surface area contributed by atoms with Crippen LogP contribution in [0.3, 0.4) is 0 Å². The fourth-order valence-corrected chi connectivity index (χ4v) is 0.144. The summed E-state index contributed by atoms with van der Waals surface area (Å²) in [5.41, 5.74) is 0. The van der Waals surface area contributed by atoms with E-state index in [-0.39, 0.29) is 40.0 Å². The van der Waals surface area contributed by atoms with Crippen LogP contribution < -0.4 is 17.0 Å². The molecule has 0 rings (SSSR count).